The van der Waals surface area contributed by atoms with Crippen LogP contribution in [0.3, 0.4) is 0 Å². The summed E-state index contributed by atoms with van der Waals surface area (Å²) in [5, 5.41) is 3.31. The van der Waals surface area contributed by atoms with E-state index in [1.54, 1.807) is 29.3 Å². The molecule has 1 aromatic heterocycles. The third-order valence-corrected chi connectivity index (χ3v) is 7.38. The number of aromatic nitrogens is 1. The van der Waals surface area contributed by atoms with Crippen LogP contribution in [0, 0.1) is 0 Å². The number of hydrogen-bond donors (Lipinski definition) is 1. The molecule has 0 radical (unpaired) electrons. The maximum Gasteiger partial charge on any atom is 0.256 e. The predicted octanol–water partition coefficient (Wildman–Crippen LogP) is 4.96. The fourth-order valence-corrected chi connectivity index (χ4v) is 5.39. The van der Waals surface area contributed by atoms with Crippen LogP contribution in [0.15, 0.2) is 36.5 Å². The molecule has 1 aromatic carbocycles. The molecule has 0 bridgehead atoms. The number of pyridine rings is 1. The lowest BCUT2D eigenvalue weighted by atomic mass is 9.74. The highest BCUT2D eigenvalue weighted by Crippen LogP contribution is 2.44. The van der Waals surface area contributed by atoms with Crippen LogP contribution in [0.1, 0.15) is 50.7 Å². The summed E-state index contributed by atoms with van der Waals surface area (Å²) in [6, 6.07) is 9.00. The molecule has 9 heteroatoms. The first-order valence-corrected chi connectivity index (χ1v) is 12.7. The smallest absolute Gasteiger partial charge is 0.256 e. The SMILES string of the molecule is CC(C)O[C@H]1CCC(C(=O)N2Cc3cccnc3Nc3ccc(C4(C(F)F)CCOCC4)cc32)OC1. The van der Waals surface area contributed by atoms with Crippen molar-refractivity contribution in [2.24, 2.45) is 0 Å². The van der Waals surface area contributed by atoms with Gasteiger partial charge in [-0.2, -0.15) is 0 Å². The van der Waals surface area contributed by atoms with E-state index in [0.29, 0.717) is 35.8 Å². The Kier molecular flexibility index (Phi) is 7.23. The van der Waals surface area contributed by atoms with Gasteiger partial charge in [-0.05, 0) is 63.3 Å². The van der Waals surface area contributed by atoms with Gasteiger partial charge < -0.3 is 24.4 Å². The van der Waals surface area contributed by atoms with E-state index in [1.165, 1.54) is 0 Å². The molecule has 2 aromatic rings. The van der Waals surface area contributed by atoms with E-state index in [1.807, 2.05) is 26.0 Å². The topological polar surface area (TPSA) is 72.9 Å². The molecule has 1 amide bonds. The van der Waals surface area contributed by atoms with Gasteiger partial charge in [0.1, 0.15) is 11.9 Å². The van der Waals surface area contributed by atoms with Gasteiger partial charge in [0.25, 0.3) is 5.91 Å². The minimum absolute atomic E-state index is 0.0388. The lowest BCUT2D eigenvalue weighted by Crippen LogP contribution is -2.45. The van der Waals surface area contributed by atoms with E-state index in [9.17, 15) is 13.6 Å². The highest BCUT2D eigenvalue weighted by molar-refractivity contribution is 6.01. The van der Waals surface area contributed by atoms with E-state index in [4.69, 9.17) is 14.2 Å². The zero-order chi connectivity index (χ0) is 25.3. The van der Waals surface area contributed by atoms with Crippen molar-refractivity contribution in [1.29, 1.82) is 0 Å². The second kappa shape index (κ2) is 10.4. The molecular formula is C27H33F2N3O4. The van der Waals surface area contributed by atoms with Crippen molar-refractivity contribution in [2.75, 3.05) is 30.0 Å². The van der Waals surface area contributed by atoms with Crippen molar-refractivity contribution in [3.63, 3.8) is 0 Å². The molecule has 0 saturated carbocycles. The molecule has 194 valence electrons. The third kappa shape index (κ3) is 4.84. The fourth-order valence-electron chi connectivity index (χ4n) is 5.39. The summed E-state index contributed by atoms with van der Waals surface area (Å²) in [6.45, 7) is 5.14. The Bertz CT molecular complexity index is 1080. The Balaban J connectivity index is 1.49. The highest BCUT2D eigenvalue weighted by Gasteiger charge is 2.44. The van der Waals surface area contributed by atoms with Gasteiger partial charge in [-0.1, -0.05) is 12.1 Å². The summed E-state index contributed by atoms with van der Waals surface area (Å²) in [5.74, 6) is 0.458. The molecule has 2 saturated heterocycles. The number of halogens is 2. The average molecular weight is 502 g/mol. The van der Waals surface area contributed by atoms with Crippen LogP contribution in [0.5, 0.6) is 0 Å². The largest absolute Gasteiger partial charge is 0.381 e. The zero-order valence-corrected chi connectivity index (χ0v) is 20.7. The predicted molar refractivity (Wildman–Crippen MR) is 132 cm³/mol. The Morgan fingerprint density at radius 2 is 2.03 bits per heavy atom. The first-order valence-electron chi connectivity index (χ1n) is 12.7. The van der Waals surface area contributed by atoms with Gasteiger partial charge in [-0.25, -0.2) is 13.8 Å². The summed E-state index contributed by atoms with van der Waals surface area (Å²) in [6.07, 6.45) is 0.287. The van der Waals surface area contributed by atoms with Crippen molar-refractivity contribution in [2.45, 2.75) is 76.2 Å². The number of carbonyl (C=O) groups excluding carboxylic acids is 1. The molecule has 2 atom stereocenters. The quantitative estimate of drug-likeness (QED) is 0.625. The molecule has 3 aliphatic heterocycles. The van der Waals surface area contributed by atoms with Gasteiger partial charge in [0, 0.05) is 25.0 Å². The molecule has 3 aliphatic rings. The van der Waals surface area contributed by atoms with E-state index in [-0.39, 0.29) is 50.7 Å². The standard InChI is InChI=1S/C27H33F2N3O4/c1-17(2)36-20-6-8-23(35-16-20)25(33)32-15-18-4-3-11-30-24(18)31-21-7-5-19(14-22(21)32)27(26(28)29)9-12-34-13-10-27/h3-5,7,11,14,17,20,23,26H,6,8-10,12-13,15-16H2,1-2H3,(H,30,31)/t20-,23?/m0/s1. The molecule has 36 heavy (non-hydrogen) atoms. The number of fused-ring (bicyclic) bond motifs is 2. The molecule has 5 rings (SSSR count). The van der Waals surface area contributed by atoms with E-state index >= 15 is 0 Å². The lowest BCUT2D eigenvalue weighted by molar-refractivity contribution is -0.143. The fraction of sp³-hybridized carbons (Fsp3) is 0.556. The van der Waals surface area contributed by atoms with Crippen LogP contribution in [-0.2, 0) is 31.0 Å². The monoisotopic (exact) mass is 501 g/mol. The summed E-state index contributed by atoms with van der Waals surface area (Å²) < 4.78 is 46.2. The van der Waals surface area contributed by atoms with Crippen LogP contribution >= 0.6 is 0 Å². The van der Waals surface area contributed by atoms with Gasteiger partial charge in [0.05, 0.1) is 42.1 Å². The normalized spacial score (nSPS) is 23.6. The average Bonchev–Trinajstić information content (AvgIpc) is 3.05. The lowest BCUT2D eigenvalue weighted by Gasteiger charge is -2.38. The van der Waals surface area contributed by atoms with Crippen LogP contribution in [0.4, 0.5) is 26.0 Å². The van der Waals surface area contributed by atoms with Gasteiger partial charge in [0.2, 0.25) is 6.43 Å². The van der Waals surface area contributed by atoms with Gasteiger partial charge in [0.15, 0.2) is 0 Å². The maximum atomic E-state index is 14.5. The summed E-state index contributed by atoms with van der Waals surface area (Å²) >= 11 is 0. The second-order valence-corrected chi connectivity index (χ2v) is 10.1. The molecule has 1 N–H and O–H groups in total. The number of amides is 1. The molecule has 0 aliphatic carbocycles. The summed E-state index contributed by atoms with van der Waals surface area (Å²) in [5.41, 5.74) is 1.27. The number of ether oxygens (including phenoxy) is 3. The minimum atomic E-state index is -2.54. The Hall–Kier alpha value is -2.62. The van der Waals surface area contributed by atoms with Crippen molar-refractivity contribution in [3.8, 4) is 0 Å². The van der Waals surface area contributed by atoms with E-state index in [2.05, 4.69) is 10.3 Å². The third-order valence-electron chi connectivity index (χ3n) is 7.38. The number of hydrogen-bond acceptors (Lipinski definition) is 6. The first-order chi connectivity index (χ1) is 17.4. The van der Waals surface area contributed by atoms with Crippen molar-refractivity contribution < 1.29 is 27.8 Å². The van der Waals surface area contributed by atoms with Gasteiger partial charge in [-0.3, -0.25) is 4.79 Å². The van der Waals surface area contributed by atoms with E-state index < -0.39 is 17.9 Å². The molecule has 1 unspecified atom stereocenters. The zero-order valence-electron chi connectivity index (χ0n) is 20.7. The molecule has 0 spiro atoms. The number of alkyl halides is 2. The minimum Gasteiger partial charge on any atom is -0.381 e. The summed E-state index contributed by atoms with van der Waals surface area (Å²) in [4.78, 5) is 20.0. The van der Waals surface area contributed by atoms with Gasteiger partial charge in [-0.15, -0.1) is 0 Å². The molecule has 2 fully saturated rings. The number of anilines is 3. The molecule has 4 heterocycles. The van der Waals surface area contributed by atoms with Crippen LogP contribution in [0.25, 0.3) is 0 Å². The van der Waals surface area contributed by atoms with Crippen LogP contribution in [-0.4, -0.2) is 55.4 Å². The second-order valence-electron chi connectivity index (χ2n) is 10.1. The maximum absolute atomic E-state index is 14.5. The number of nitrogens with one attached hydrogen (secondary N) is 1. The van der Waals surface area contributed by atoms with Crippen LogP contribution in [0.2, 0.25) is 0 Å². The highest BCUT2D eigenvalue weighted by atomic mass is 19.3. The summed E-state index contributed by atoms with van der Waals surface area (Å²) in [7, 11) is 0. The Morgan fingerprint density at radius 3 is 2.72 bits per heavy atom. The molecule has 7 nitrogen and oxygen atoms in total. The van der Waals surface area contributed by atoms with Gasteiger partial charge >= 0.3 is 0 Å². The number of benzene rings is 1. The molecular weight excluding hydrogens is 468 g/mol. The van der Waals surface area contributed by atoms with Crippen LogP contribution < -0.4 is 10.2 Å². The number of nitrogens with zero attached hydrogens (tertiary/aromatic N) is 2. The van der Waals surface area contributed by atoms with Crippen molar-refractivity contribution in [3.05, 3.63) is 47.7 Å². The number of carbonyl (C=O) groups is 1. The first kappa shape index (κ1) is 25.0. The Labute approximate surface area is 210 Å². The van der Waals surface area contributed by atoms with E-state index in [0.717, 1.165) is 12.0 Å². The van der Waals surface area contributed by atoms with Crippen molar-refractivity contribution >= 4 is 23.1 Å². The van der Waals surface area contributed by atoms with Crippen molar-refractivity contribution in [1.82, 2.24) is 4.98 Å². The Morgan fingerprint density at radius 1 is 1.22 bits per heavy atom. The number of rotatable bonds is 5.